The van der Waals surface area contributed by atoms with Crippen LogP contribution in [0.5, 0.6) is 0 Å². The standard InChI is InChI=1S/C27H38F3N3O3/c1-5-21(16-22-9-7-18(3)33(22)25(35)36-6-2)31-13-11-26(12-14-31)17-32(19(4)34)24-10-8-20(15-23(24)26)27(28,29)30/h8,10,15,18,21-22H,5-7,9,11-14,16-17H2,1-4H3. The highest BCUT2D eigenvalue weighted by atomic mass is 19.4. The van der Waals surface area contributed by atoms with Crippen molar-refractivity contribution in [3.05, 3.63) is 29.3 Å². The Balaban J connectivity index is 1.50. The summed E-state index contributed by atoms with van der Waals surface area (Å²) in [6.45, 7) is 9.80. The van der Waals surface area contributed by atoms with Crippen molar-refractivity contribution in [1.29, 1.82) is 0 Å². The average Bonchev–Trinajstić information content (AvgIpc) is 3.35. The minimum Gasteiger partial charge on any atom is -0.450 e. The average molecular weight is 510 g/mol. The van der Waals surface area contributed by atoms with E-state index in [2.05, 4.69) is 18.7 Å². The van der Waals surface area contributed by atoms with Crippen LogP contribution in [0, 0.1) is 0 Å². The van der Waals surface area contributed by atoms with Gasteiger partial charge in [0.15, 0.2) is 0 Å². The second kappa shape index (κ2) is 10.2. The van der Waals surface area contributed by atoms with Crippen molar-refractivity contribution < 1.29 is 27.5 Å². The van der Waals surface area contributed by atoms with E-state index in [1.807, 2.05) is 11.8 Å². The lowest BCUT2D eigenvalue weighted by molar-refractivity contribution is -0.137. The van der Waals surface area contributed by atoms with Crippen LogP contribution < -0.4 is 4.90 Å². The van der Waals surface area contributed by atoms with Gasteiger partial charge in [-0.2, -0.15) is 13.2 Å². The topological polar surface area (TPSA) is 53.1 Å². The number of carbonyl (C=O) groups is 2. The van der Waals surface area contributed by atoms with Crippen LogP contribution in [-0.4, -0.2) is 66.2 Å². The zero-order valence-corrected chi connectivity index (χ0v) is 21.7. The first kappa shape index (κ1) is 26.8. The molecule has 9 heteroatoms. The van der Waals surface area contributed by atoms with Crippen LogP contribution in [0.3, 0.4) is 0 Å². The van der Waals surface area contributed by atoms with Gasteiger partial charge in [-0.3, -0.25) is 4.79 Å². The largest absolute Gasteiger partial charge is 0.450 e. The molecule has 3 heterocycles. The molecule has 0 radical (unpaired) electrons. The minimum atomic E-state index is -4.42. The number of alkyl halides is 3. The summed E-state index contributed by atoms with van der Waals surface area (Å²) >= 11 is 0. The highest BCUT2D eigenvalue weighted by Crippen LogP contribution is 2.49. The van der Waals surface area contributed by atoms with Crippen molar-refractivity contribution >= 4 is 17.7 Å². The Hall–Kier alpha value is -2.29. The number of ether oxygens (including phenoxy) is 1. The number of nitrogens with zero attached hydrogens (tertiary/aromatic N) is 3. The lowest BCUT2D eigenvalue weighted by atomic mass is 9.73. The predicted octanol–water partition coefficient (Wildman–Crippen LogP) is 5.58. The van der Waals surface area contributed by atoms with Gasteiger partial charge in [0, 0.05) is 42.7 Å². The summed E-state index contributed by atoms with van der Waals surface area (Å²) in [7, 11) is 0. The third-order valence-electron chi connectivity index (χ3n) is 8.58. The third kappa shape index (κ3) is 4.95. The van der Waals surface area contributed by atoms with Gasteiger partial charge in [0.25, 0.3) is 0 Å². The molecule has 200 valence electrons. The van der Waals surface area contributed by atoms with Crippen LogP contribution in [0.4, 0.5) is 23.7 Å². The van der Waals surface area contributed by atoms with Crippen molar-refractivity contribution in [3.8, 4) is 0 Å². The number of hydrogen-bond donors (Lipinski definition) is 0. The number of anilines is 1. The molecular formula is C27H38F3N3O3. The summed E-state index contributed by atoms with van der Waals surface area (Å²) in [5.41, 5.74) is 0.143. The molecule has 1 aromatic rings. The van der Waals surface area contributed by atoms with E-state index in [1.165, 1.54) is 19.1 Å². The molecule has 2 amide bonds. The Kier molecular flexibility index (Phi) is 7.60. The Bertz CT molecular complexity index is 975. The monoisotopic (exact) mass is 509 g/mol. The van der Waals surface area contributed by atoms with Crippen LogP contribution in [0.15, 0.2) is 18.2 Å². The van der Waals surface area contributed by atoms with Crippen LogP contribution in [0.25, 0.3) is 0 Å². The molecule has 3 aliphatic rings. The van der Waals surface area contributed by atoms with Gasteiger partial charge in [0.05, 0.1) is 12.2 Å². The number of piperidine rings is 1. The van der Waals surface area contributed by atoms with E-state index in [0.29, 0.717) is 37.2 Å². The second-order valence-corrected chi connectivity index (χ2v) is 10.6. The van der Waals surface area contributed by atoms with Crippen LogP contribution in [-0.2, 0) is 21.1 Å². The first-order valence-electron chi connectivity index (χ1n) is 13.2. The molecule has 6 nitrogen and oxygen atoms in total. The normalized spacial score (nSPS) is 24.8. The Morgan fingerprint density at radius 3 is 2.44 bits per heavy atom. The van der Waals surface area contributed by atoms with Crippen LogP contribution in [0.1, 0.15) is 77.3 Å². The third-order valence-corrected chi connectivity index (χ3v) is 8.58. The van der Waals surface area contributed by atoms with E-state index in [9.17, 15) is 22.8 Å². The van der Waals surface area contributed by atoms with Crippen molar-refractivity contribution in [3.63, 3.8) is 0 Å². The first-order valence-corrected chi connectivity index (χ1v) is 13.2. The highest BCUT2D eigenvalue weighted by molar-refractivity contribution is 5.94. The zero-order valence-electron chi connectivity index (χ0n) is 21.7. The molecule has 36 heavy (non-hydrogen) atoms. The predicted molar refractivity (Wildman–Crippen MR) is 132 cm³/mol. The van der Waals surface area contributed by atoms with Crippen molar-refractivity contribution in [2.24, 2.45) is 0 Å². The Morgan fingerprint density at radius 1 is 1.17 bits per heavy atom. The van der Waals surface area contributed by atoms with Crippen molar-refractivity contribution in [2.45, 2.75) is 95.9 Å². The molecule has 0 aromatic heterocycles. The number of carbonyl (C=O) groups excluding carboxylic acids is 2. The fraction of sp³-hybridized carbons (Fsp3) is 0.704. The second-order valence-electron chi connectivity index (χ2n) is 10.6. The van der Waals surface area contributed by atoms with Crippen LogP contribution in [0.2, 0.25) is 0 Å². The maximum Gasteiger partial charge on any atom is 0.416 e. The summed E-state index contributed by atoms with van der Waals surface area (Å²) in [6, 6.07) is 4.37. The van der Waals surface area contributed by atoms with Gasteiger partial charge in [-0.25, -0.2) is 4.79 Å². The molecule has 1 spiro atoms. The van der Waals surface area contributed by atoms with Crippen molar-refractivity contribution in [2.75, 3.05) is 31.1 Å². The molecule has 0 bridgehead atoms. The number of benzene rings is 1. The molecule has 3 unspecified atom stereocenters. The highest BCUT2D eigenvalue weighted by Gasteiger charge is 2.48. The Morgan fingerprint density at radius 2 is 1.86 bits per heavy atom. The quantitative estimate of drug-likeness (QED) is 0.520. The number of fused-ring (bicyclic) bond motifs is 2. The maximum atomic E-state index is 13.5. The molecule has 4 rings (SSSR count). The van der Waals surface area contributed by atoms with Gasteiger partial charge in [-0.1, -0.05) is 6.92 Å². The number of amides is 2. The van der Waals surface area contributed by atoms with Gasteiger partial charge in [0.1, 0.15) is 0 Å². The van der Waals surface area contributed by atoms with Gasteiger partial charge >= 0.3 is 12.3 Å². The fourth-order valence-corrected chi connectivity index (χ4v) is 6.59. The summed E-state index contributed by atoms with van der Waals surface area (Å²) in [5, 5.41) is 0. The number of rotatable bonds is 5. The molecule has 3 atom stereocenters. The Labute approximate surface area is 211 Å². The summed E-state index contributed by atoms with van der Waals surface area (Å²) in [4.78, 5) is 30.9. The maximum absolute atomic E-state index is 13.5. The number of halogens is 3. The van der Waals surface area contributed by atoms with E-state index in [-0.39, 0.29) is 30.1 Å². The molecule has 0 saturated carbocycles. The minimum absolute atomic E-state index is 0.134. The molecule has 2 saturated heterocycles. The summed E-state index contributed by atoms with van der Waals surface area (Å²) in [6.07, 6.45) is 0.444. The summed E-state index contributed by atoms with van der Waals surface area (Å²) < 4.78 is 45.8. The lowest BCUT2D eigenvalue weighted by Gasteiger charge is -2.44. The fourth-order valence-electron chi connectivity index (χ4n) is 6.59. The SMILES string of the molecule is CCOC(=O)N1C(C)CCC1CC(CC)N1CCC2(CC1)CN(C(C)=O)c1ccc(C(F)(F)F)cc12. The van der Waals surface area contributed by atoms with Gasteiger partial charge in [-0.05, 0) is 89.2 Å². The molecule has 0 N–H and O–H groups in total. The molecular weight excluding hydrogens is 471 g/mol. The van der Waals surface area contributed by atoms with E-state index < -0.39 is 17.2 Å². The lowest BCUT2D eigenvalue weighted by Crippen LogP contribution is -2.51. The number of likely N-dealkylation sites (tertiary alicyclic amines) is 2. The van der Waals surface area contributed by atoms with E-state index in [0.717, 1.165) is 44.8 Å². The van der Waals surface area contributed by atoms with Gasteiger partial charge in [-0.15, -0.1) is 0 Å². The molecule has 0 aliphatic carbocycles. The molecule has 1 aromatic carbocycles. The number of hydrogen-bond acceptors (Lipinski definition) is 4. The smallest absolute Gasteiger partial charge is 0.416 e. The molecule has 3 aliphatic heterocycles. The zero-order chi connectivity index (χ0) is 26.3. The van der Waals surface area contributed by atoms with Gasteiger partial charge in [0.2, 0.25) is 5.91 Å². The van der Waals surface area contributed by atoms with Crippen LogP contribution >= 0.6 is 0 Å². The van der Waals surface area contributed by atoms with E-state index >= 15 is 0 Å². The van der Waals surface area contributed by atoms with Gasteiger partial charge < -0.3 is 19.4 Å². The van der Waals surface area contributed by atoms with E-state index in [1.54, 1.807) is 4.90 Å². The van der Waals surface area contributed by atoms with Crippen molar-refractivity contribution in [1.82, 2.24) is 9.80 Å². The first-order chi connectivity index (χ1) is 17.0. The summed E-state index contributed by atoms with van der Waals surface area (Å²) in [5.74, 6) is -0.142. The van der Waals surface area contributed by atoms with E-state index in [4.69, 9.17) is 4.74 Å². The molecule has 2 fully saturated rings.